The lowest BCUT2D eigenvalue weighted by Crippen LogP contribution is -2.45. The Morgan fingerprint density at radius 3 is 2.83 bits per heavy atom. The van der Waals surface area contributed by atoms with Crippen LogP contribution in [0.3, 0.4) is 0 Å². The van der Waals surface area contributed by atoms with Crippen molar-refractivity contribution in [2.75, 3.05) is 37.7 Å². The molecule has 1 aromatic carbocycles. The highest BCUT2D eigenvalue weighted by molar-refractivity contribution is 5.94. The maximum absolute atomic E-state index is 12.5. The minimum atomic E-state index is -1.01. The van der Waals surface area contributed by atoms with Crippen molar-refractivity contribution in [3.8, 4) is 5.75 Å². The van der Waals surface area contributed by atoms with Gasteiger partial charge in [-0.3, -0.25) is 14.8 Å². The second kappa shape index (κ2) is 8.64. The lowest BCUT2D eigenvalue weighted by atomic mass is 10.0. The number of ether oxygens (including phenoxy) is 1. The Balaban J connectivity index is 1.38. The van der Waals surface area contributed by atoms with Crippen LogP contribution in [0.25, 0.3) is 11.0 Å². The zero-order chi connectivity index (χ0) is 21.0. The number of β-amino-alcohol motifs (C(OH)–C–C–N with tert-alkyl or cyclic N) is 1. The van der Waals surface area contributed by atoms with Crippen LogP contribution in [0.5, 0.6) is 5.75 Å². The lowest BCUT2D eigenvalue weighted by molar-refractivity contribution is 0.0576. The van der Waals surface area contributed by atoms with Gasteiger partial charge in [-0.2, -0.15) is 0 Å². The summed E-state index contributed by atoms with van der Waals surface area (Å²) >= 11 is 0. The highest BCUT2D eigenvalue weighted by Crippen LogP contribution is 2.30. The average molecular weight is 407 g/mol. The van der Waals surface area contributed by atoms with E-state index in [2.05, 4.69) is 20.2 Å². The standard InChI is InChI=1S/C22H25N5O3/c23-9-13-30-17-5-3-16(4-6-17)21(28)26-14-22(29)8-12-27(15-22)19-7-11-24-18-2-1-10-25-20(18)19/h1-7,10-11,29H,8-9,12-15,23H2,(H,26,28). The molecular formula is C22H25N5O3. The molecule has 1 atom stereocenters. The van der Waals surface area contributed by atoms with Crippen LogP contribution < -0.4 is 20.7 Å². The zero-order valence-electron chi connectivity index (χ0n) is 16.6. The van der Waals surface area contributed by atoms with E-state index in [0.717, 1.165) is 16.7 Å². The first-order valence-corrected chi connectivity index (χ1v) is 9.96. The van der Waals surface area contributed by atoms with Crippen LogP contribution in [0.2, 0.25) is 0 Å². The number of nitrogens with zero attached hydrogens (tertiary/aromatic N) is 3. The molecule has 8 nitrogen and oxygen atoms in total. The number of nitrogens with one attached hydrogen (secondary N) is 1. The van der Waals surface area contributed by atoms with Crippen molar-refractivity contribution in [1.82, 2.24) is 15.3 Å². The number of aliphatic hydroxyl groups is 1. The molecule has 2 aromatic heterocycles. The molecule has 3 heterocycles. The van der Waals surface area contributed by atoms with Gasteiger partial charge in [0.15, 0.2) is 0 Å². The molecule has 30 heavy (non-hydrogen) atoms. The third kappa shape index (κ3) is 4.34. The summed E-state index contributed by atoms with van der Waals surface area (Å²) in [5, 5.41) is 13.9. The number of benzene rings is 1. The molecule has 1 aliphatic rings. The molecule has 0 bridgehead atoms. The molecule has 0 radical (unpaired) electrons. The Morgan fingerprint density at radius 1 is 1.20 bits per heavy atom. The minimum Gasteiger partial charge on any atom is -0.492 e. The van der Waals surface area contributed by atoms with E-state index in [-0.39, 0.29) is 12.5 Å². The molecule has 3 aromatic rings. The first-order chi connectivity index (χ1) is 14.6. The first kappa shape index (κ1) is 20.1. The van der Waals surface area contributed by atoms with E-state index in [1.54, 1.807) is 36.7 Å². The lowest BCUT2D eigenvalue weighted by Gasteiger charge is -2.25. The molecule has 0 saturated carbocycles. The van der Waals surface area contributed by atoms with Gasteiger partial charge in [-0.25, -0.2) is 0 Å². The van der Waals surface area contributed by atoms with Gasteiger partial charge in [0.05, 0.1) is 11.2 Å². The predicted molar refractivity (Wildman–Crippen MR) is 115 cm³/mol. The second-order valence-electron chi connectivity index (χ2n) is 7.44. The van der Waals surface area contributed by atoms with Crippen molar-refractivity contribution in [3.63, 3.8) is 0 Å². The largest absolute Gasteiger partial charge is 0.492 e. The van der Waals surface area contributed by atoms with E-state index in [4.69, 9.17) is 10.5 Å². The van der Waals surface area contributed by atoms with Gasteiger partial charge >= 0.3 is 0 Å². The topological polar surface area (TPSA) is 114 Å². The number of amides is 1. The molecule has 1 amide bonds. The van der Waals surface area contributed by atoms with Gasteiger partial charge in [0.1, 0.15) is 23.5 Å². The van der Waals surface area contributed by atoms with E-state index in [9.17, 15) is 9.90 Å². The number of hydrogen-bond acceptors (Lipinski definition) is 7. The summed E-state index contributed by atoms with van der Waals surface area (Å²) in [5.41, 5.74) is 7.49. The fraction of sp³-hybridized carbons (Fsp3) is 0.318. The molecule has 8 heteroatoms. The molecule has 4 N–H and O–H groups in total. The molecule has 4 rings (SSSR count). The molecule has 0 spiro atoms. The normalized spacial score (nSPS) is 18.5. The van der Waals surface area contributed by atoms with Crippen LogP contribution in [-0.4, -0.2) is 59.4 Å². The number of aromatic nitrogens is 2. The molecule has 0 aliphatic carbocycles. The maximum atomic E-state index is 12.5. The van der Waals surface area contributed by atoms with Crippen LogP contribution >= 0.6 is 0 Å². The second-order valence-corrected chi connectivity index (χ2v) is 7.44. The number of carbonyl (C=O) groups is 1. The third-order valence-corrected chi connectivity index (χ3v) is 5.23. The highest BCUT2D eigenvalue weighted by Gasteiger charge is 2.37. The molecule has 1 aliphatic heterocycles. The number of carbonyl (C=O) groups excluding carboxylic acids is 1. The van der Waals surface area contributed by atoms with E-state index in [0.29, 0.717) is 44.0 Å². The summed E-state index contributed by atoms with van der Waals surface area (Å²) in [5.74, 6) is 0.434. The Morgan fingerprint density at radius 2 is 2.03 bits per heavy atom. The number of pyridine rings is 2. The van der Waals surface area contributed by atoms with Gasteiger partial charge in [-0.15, -0.1) is 0 Å². The van der Waals surface area contributed by atoms with Gasteiger partial charge in [-0.05, 0) is 48.9 Å². The molecule has 1 saturated heterocycles. The maximum Gasteiger partial charge on any atom is 0.251 e. The monoisotopic (exact) mass is 407 g/mol. The van der Waals surface area contributed by atoms with Gasteiger partial charge in [-0.1, -0.05) is 0 Å². The number of nitrogens with two attached hydrogens (primary N) is 1. The summed E-state index contributed by atoms with van der Waals surface area (Å²) in [6.45, 7) is 2.12. The Hall–Kier alpha value is -3.23. The van der Waals surface area contributed by atoms with E-state index < -0.39 is 5.60 Å². The number of anilines is 1. The Labute approximate surface area is 174 Å². The summed E-state index contributed by atoms with van der Waals surface area (Å²) < 4.78 is 5.42. The van der Waals surface area contributed by atoms with Crippen molar-refractivity contribution in [2.24, 2.45) is 5.73 Å². The molecule has 1 fully saturated rings. The van der Waals surface area contributed by atoms with Crippen LogP contribution in [0, 0.1) is 0 Å². The molecule has 156 valence electrons. The van der Waals surface area contributed by atoms with Crippen molar-refractivity contribution >= 4 is 22.6 Å². The average Bonchev–Trinajstić information content (AvgIpc) is 3.18. The van der Waals surface area contributed by atoms with Gasteiger partial charge in [0.2, 0.25) is 0 Å². The van der Waals surface area contributed by atoms with Gasteiger partial charge in [0, 0.05) is 44.1 Å². The fourth-order valence-electron chi connectivity index (χ4n) is 3.65. The van der Waals surface area contributed by atoms with E-state index in [1.165, 1.54) is 0 Å². The Bertz CT molecular complexity index is 1020. The smallest absolute Gasteiger partial charge is 0.251 e. The highest BCUT2D eigenvalue weighted by atomic mass is 16.5. The van der Waals surface area contributed by atoms with Crippen LogP contribution in [0.15, 0.2) is 54.9 Å². The van der Waals surface area contributed by atoms with Crippen molar-refractivity contribution < 1.29 is 14.6 Å². The van der Waals surface area contributed by atoms with Crippen LogP contribution in [-0.2, 0) is 0 Å². The zero-order valence-corrected chi connectivity index (χ0v) is 16.6. The first-order valence-electron chi connectivity index (χ1n) is 9.96. The van der Waals surface area contributed by atoms with E-state index >= 15 is 0 Å². The number of fused-ring (bicyclic) bond motifs is 1. The third-order valence-electron chi connectivity index (χ3n) is 5.23. The van der Waals surface area contributed by atoms with Gasteiger partial charge < -0.3 is 25.8 Å². The summed E-state index contributed by atoms with van der Waals surface area (Å²) in [7, 11) is 0. The summed E-state index contributed by atoms with van der Waals surface area (Å²) in [6.07, 6.45) is 4.04. The van der Waals surface area contributed by atoms with Crippen molar-refractivity contribution in [1.29, 1.82) is 0 Å². The van der Waals surface area contributed by atoms with Crippen LogP contribution in [0.1, 0.15) is 16.8 Å². The minimum absolute atomic E-state index is 0.171. The van der Waals surface area contributed by atoms with Crippen molar-refractivity contribution in [3.05, 3.63) is 60.4 Å². The number of rotatable bonds is 7. The summed E-state index contributed by atoms with van der Waals surface area (Å²) in [6, 6.07) is 12.5. The van der Waals surface area contributed by atoms with E-state index in [1.807, 2.05) is 18.2 Å². The fourth-order valence-corrected chi connectivity index (χ4v) is 3.65. The Kier molecular flexibility index (Phi) is 5.78. The van der Waals surface area contributed by atoms with Crippen molar-refractivity contribution in [2.45, 2.75) is 12.0 Å². The predicted octanol–water partition coefficient (Wildman–Crippen LogP) is 1.34. The van der Waals surface area contributed by atoms with Crippen LogP contribution in [0.4, 0.5) is 5.69 Å². The summed E-state index contributed by atoms with van der Waals surface area (Å²) in [4.78, 5) is 23.4. The number of hydrogen-bond donors (Lipinski definition) is 3. The molecule has 1 unspecified atom stereocenters. The quantitative estimate of drug-likeness (QED) is 0.542. The van der Waals surface area contributed by atoms with Gasteiger partial charge in [0.25, 0.3) is 5.91 Å². The SMILES string of the molecule is NCCOc1ccc(C(=O)NCC2(O)CCN(c3ccnc4cccnc34)C2)cc1. The molecular weight excluding hydrogens is 382 g/mol.